The highest BCUT2D eigenvalue weighted by atomic mass is 16.5. The van der Waals surface area contributed by atoms with Crippen molar-refractivity contribution in [3.8, 4) is 5.69 Å². The van der Waals surface area contributed by atoms with Gasteiger partial charge in [0.25, 0.3) is 0 Å². The summed E-state index contributed by atoms with van der Waals surface area (Å²) in [6.07, 6.45) is 3.48. The van der Waals surface area contributed by atoms with Gasteiger partial charge in [0, 0.05) is 31.0 Å². The Kier molecular flexibility index (Phi) is 4.07. The summed E-state index contributed by atoms with van der Waals surface area (Å²) in [5.74, 6) is 1.25. The third-order valence-corrected chi connectivity index (χ3v) is 3.87. The summed E-state index contributed by atoms with van der Waals surface area (Å²) in [4.78, 5) is 10.9. The van der Waals surface area contributed by atoms with E-state index in [9.17, 15) is 0 Å². The predicted molar refractivity (Wildman–Crippen MR) is 91.9 cm³/mol. The summed E-state index contributed by atoms with van der Waals surface area (Å²) in [6, 6.07) is 13.9. The Morgan fingerprint density at radius 1 is 0.958 bits per heavy atom. The molecule has 0 atom stereocenters. The number of hydrogen-bond acceptors (Lipinski definition) is 6. The van der Waals surface area contributed by atoms with Gasteiger partial charge in [0.1, 0.15) is 12.1 Å². The van der Waals surface area contributed by atoms with Crippen LogP contribution in [0, 0.1) is 0 Å². The van der Waals surface area contributed by atoms with Crippen molar-refractivity contribution in [1.82, 2.24) is 19.7 Å². The average Bonchev–Trinajstić information content (AvgIpc) is 3.12. The number of hydrogen-bond donors (Lipinski definition) is 1. The number of ether oxygens (including phenoxy) is 1. The van der Waals surface area contributed by atoms with Crippen molar-refractivity contribution < 1.29 is 4.74 Å². The minimum absolute atomic E-state index is 0.519. The lowest BCUT2D eigenvalue weighted by molar-refractivity contribution is 0.122. The van der Waals surface area contributed by atoms with Crippen LogP contribution in [0.4, 0.5) is 17.5 Å². The summed E-state index contributed by atoms with van der Waals surface area (Å²) in [7, 11) is 0. The smallest absolute Gasteiger partial charge is 0.248 e. The highest BCUT2D eigenvalue weighted by Gasteiger charge is 2.12. The highest BCUT2D eigenvalue weighted by Crippen LogP contribution is 2.20. The van der Waals surface area contributed by atoms with E-state index in [4.69, 9.17) is 4.74 Å². The molecule has 1 aromatic carbocycles. The first-order valence-corrected chi connectivity index (χ1v) is 7.91. The molecule has 0 amide bonds. The fourth-order valence-corrected chi connectivity index (χ4v) is 2.65. The third kappa shape index (κ3) is 3.21. The van der Waals surface area contributed by atoms with Gasteiger partial charge in [-0.1, -0.05) is 18.2 Å². The Hall–Kier alpha value is -2.93. The fraction of sp³-hybridized carbons (Fsp3) is 0.235. The Morgan fingerprint density at radius 3 is 2.62 bits per heavy atom. The minimum atomic E-state index is 0.519. The van der Waals surface area contributed by atoms with Crippen LogP contribution in [-0.2, 0) is 4.74 Å². The zero-order valence-electron chi connectivity index (χ0n) is 13.2. The van der Waals surface area contributed by atoms with Crippen LogP contribution in [0.1, 0.15) is 0 Å². The maximum absolute atomic E-state index is 5.40. The molecule has 122 valence electrons. The van der Waals surface area contributed by atoms with Crippen molar-refractivity contribution in [2.45, 2.75) is 0 Å². The molecular weight excluding hydrogens is 304 g/mol. The number of pyridine rings is 1. The number of nitrogens with one attached hydrogen (secondary N) is 1. The lowest BCUT2D eigenvalue weighted by Crippen LogP contribution is -2.36. The lowest BCUT2D eigenvalue weighted by Gasteiger charge is -2.28. The average molecular weight is 322 g/mol. The normalized spacial score (nSPS) is 14.6. The van der Waals surface area contributed by atoms with Crippen molar-refractivity contribution in [2.24, 2.45) is 0 Å². The van der Waals surface area contributed by atoms with Crippen LogP contribution in [0.5, 0.6) is 0 Å². The second-order valence-corrected chi connectivity index (χ2v) is 5.47. The van der Waals surface area contributed by atoms with Crippen molar-refractivity contribution in [3.05, 3.63) is 55.0 Å². The first-order chi connectivity index (χ1) is 11.9. The summed E-state index contributed by atoms with van der Waals surface area (Å²) in [5, 5.41) is 7.60. The quantitative estimate of drug-likeness (QED) is 0.794. The van der Waals surface area contributed by atoms with Gasteiger partial charge < -0.3 is 15.0 Å². The van der Waals surface area contributed by atoms with Crippen molar-refractivity contribution in [3.63, 3.8) is 0 Å². The van der Waals surface area contributed by atoms with Gasteiger partial charge in [-0.2, -0.15) is 4.98 Å². The topological polar surface area (TPSA) is 68.1 Å². The third-order valence-electron chi connectivity index (χ3n) is 3.87. The SMILES string of the molecule is c1ccc(-n2cnc(Nc3cc(N4CCOCC4)ccn3)n2)cc1. The van der Waals surface area contributed by atoms with E-state index in [0.29, 0.717) is 5.95 Å². The van der Waals surface area contributed by atoms with Gasteiger partial charge in [0.2, 0.25) is 5.95 Å². The molecule has 1 fully saturated rings. The standard InChI is InChI=1S/C17H18N6O/c1-2-4-14(5-3-1)23-13-19-17(21-23)20-16-12-15(6-7-18-16)22-8-10-24-11-9-22/h1-7,12-13H,8-11H2,(H,18,20,21). The van der Waals surface area contributed by atoms with Crippen LogP contribution < -0.4 is 10.2 Å². The van der Waals surface area contributed by atoms with E-state index in [1.54, 1.807) is 17.2 Å². The number of para-hydroxylation sites is 1. The Labute approximate surface area is 139 Å². The monoisotopic (exact) mass is 322 g/mol. The van der Waals surface area contributed by atoms with Gasteiger partial charge in [0.15, 0.2) is 0 Å². The number of morpholine rings is 1. The number of anilines is 3. The minimum Gasteiger partial charge on any atom is -0.378 e. The van der Waals surface area contributed by atoms with Gasteiger partial charge in [0.05, 0.1) is 18.9 Å². The van der Waals surface area contributed by atoms with E-state index in [1.807, 2.05) is 42.5 Å². The zero-order chi connectivity index (χ0) is 16.2. The molecule has 1 aliphatic rings. The first kappa shape index (κ1) is 14.6. The molecule has 0 aliphatic carbocycles. The summed E-state index contributed by atoms with van der Waals surface area (Å²) < 4.78 is 7.13. The number of benzene rings is 1. The molecule has 4 rings (SSSR count). The molecule has 0 bridgehead atoms. The molecule has 1 saturated heterocycles. The van der Waals surface area contributed by atoms with Crippen LogP contribution in [0.3, 0.4) is 0 Å². The van der Waals surface area contributed by atoms with Gasteiger partial charge in [-0.05, 0) is 18.2 Å². The molecule has 0 spiro atoms. The maximum Gasteiger partial charge on any atom is 0.248 e. The van der Waals surface area contributed by atoms with Crippen LogP contribution in [0.25, 0.3) is 5.69 Å². The molecule has 0 radical (unpaired) electrons. The van der Waals surface area contributed by atoms with E-state index in [1.165, 1.54) is 0 Å². The molecule has 2 aromatic heterocycles. The van der Waals surface area contributed by atoms with E-state index < -0.39 is 0 Å². The molecule has 1 aliphatic heterocycles. The lowest BCUT2D eigenvalue weighted by atomic mass is 10.3. The van der Waals surface area contributed by atoms with Gasteiger partial charge >= 0.3 is 0 Å². The molecule has 0 saturated carbocycles. The van der Waals surface area contributed by atoms with Gasteiger partial charge in [-0.15, -0.1) is 5.10 Å². The molecule has 24 heavy (non-hydrogen) atoms. The van der Waals surface area contributed by atoms with E-state index >= 15 is 0 Å². The van der Waals surface area contributed by atoms with E-state index in [-0.39, 0.29) is 0 Å². The molecular formula is C17H18N6O. The molecule has 0 unspecified atom stereocenters. The van der Waals surface area contributed by atoms with Crippen molar-refractivity contribution in [2.75, 3.05) is 36.5 Å². The molecule has 3 aromatic rings. The van der Waals surface area contributed by atoms with Crippen molar-refractivity contribution >= 4 is 17.5 Å². The second kappa shape index (κ2) is 6.67. The summed E-state index contributed by atoms with van der Waals surface area (Å²) in [6.45, 7) is 3.30. The predicted octanol–water partition coefficient (Wildman–Crippen LogP) is 2.24. The molecule has 7 nitrogen and oxygen atoms in total. The summed E-state index contributed by atoms with van der Waals surface area (Å²) in [5.41, 5.74) is 2.09. The highest BCUT2D eigenvalue weighted by molar-refractivity contribution is 5.57. The number of rotatable bonds is 4. The van der Waals surface area contributed by atoms with Crippen LogP contribution >= 0.6 is 0 Å². The van der Waals surface area contributed by atoms with Gasteiger partial charge in [-0.3, -0.25) is 0 Å². The number of aromatic nitrogens is 4. The van der Waals surface area contributed by atoms with Gasteiger partial charge in [-0.25, -0.2) is 9.67 Å². The maximum atomic E-state index is 5.40. The Bertz CT molecular complexity index is 798. The molecule has 7 heteroatoms. The van der Waals surface area contributed by atoms with Crippen LogP contribution in [-0.4, -0.2) is 46.1 Å². The van der Waals surface area contributed by atoms with Crippen molar-refractivity contribution in [1.29, 1.82) is 0 Å². The van der Waals surface area contributed by atoms with E-state index in [2.05, 4.69) is 25.3 Å². The summed E-state index contributed by atoms with van der Waals surface area (Å²) >= 11 is 0. The zero-order valence-corrected chi connectivity index (χ0v) is 13.2. The number of nitrogens with zero attached hydrogens (tertiary/aromatic N) is 5. The van der Waals surface area contributed by atoms with Crippen LogP contribution in [0.15, 0.2) is 55.0 Å². The molecule has 3 heterocycles. The molecule has 1 N–H and O–H groups in total. The first-order valence-electron chi connectivity index (χ1n) is 7.91. The Balaban J connectivity index is 1.50. The van der Waals surface area contributed by atoms with Crippen LogP contribution in [0.2, 0.25) is 0 Å². The largest absolute Gasteiger partial charge is 0.378 e. The Morgan fingerprint density at radius 2 is 1.79 bits per heavy atom. The van der Waals surface area contributed by atoms with E-state index in [0.717, 1.165) is 43.5 Å². The fourth-order valence-electron chi connectivity index (χ4n) is 2.65. The second-order valence-electron chi connectivity index (χ2n) is 5.47.